The number of hydrogen-bond acceptors (Lipinski definition) is 3. The van der Waals surface area contributed by atoms with Gasteiger partial charge in [0.1, 0.15) is 17.9 Å². The van der Waals surface area contributed by atoms with Crippen LogP contribution in [0, 0.1) is 5.82 Å². The first-order valence-corrected chi connectivity index (χ1v) is 10.3. The molecule has 1 saturated heterocycles. The first-order chi connectivity index (χ1) is 14.0. The minimum atomic E-state index is -0.330. The van der Waals surface area contributed by atoms with Crippen LogP contribution in [0.25, 0.3) is 11.1 Å². The van der Waals surface area contributed by atoms with E-state index in [4.69, 9.17) is 16.0 Å². The predicted octanol–water partition coefficient (Wildman–Crippen LogP) is 3.04. The number of nitrogens with one attached hydrogen (secondary N) is 1. The number of likely N-dealkylation sites (tertiary alicyclic amines) is 1. The zero-order valence-electron chi connectivity index (χ0n) is 16.3. The lowest BCUT2D eigenvalue weighted by molar-refractivity contribution is -0.885. The normalized spacial score (nSPS) is 16.3. The molecule has 1 fully saturated rings. The highest BCUT2D eigenvalue weighted by Gasteiger charge is 2.28. The topological polar surface area (TPSA) is 50.8 Å². The minimum absolute atomic E-state index is 0.0750. The number of benzene rings is 2. The molecule has 152 valence electrons. The number of piperidine rings is 1. The van der Waals surface area contributed by atoms with Crippen LogP contribution in [0.15, 0.2) is 46.9 Å². The van der Waals surface area contributed by atoms with Crippen molar-refractivity contribution in [3.63, 3.8) is 0 Å². The molecule has 0 saturated carbocycles. The van der Waals surface area contributed by atoms with Crippen molar-refractivity contribution in [3.8, 4) is 0 Å². The van der Waals surface area contributed by atoms with Crippen LogP contribution in [0.4, 0.5) is 4.39 Å². The van der Waals surface area contributed by atoms with Crippen LogP contribution in [0.5, 0.6) is 0 Å². The van der Waals surface area contributed by atoms with Gasteiger partial charge in [-0.05, 0) is 37.1 Å². The molecule has 1 unspecified atom stereocenters. The molecular weight excluding hydrogens is 393 g/mol. The average molecular weight is 417 g/mol. The summed E-state index contributed by atoms with van der Waals surface area (Å²) in [6, 6.07) is 12.4. The fourth-order valence-corrected chi connectivity index (χ4v) is 4.11. The Hall–Kier alpha value is -2.44. The van der Waals surface area contributed by atoms with Crippen LogP contribution in [0.2, 0.25) is 5.02 Å². The molecule has 1 aromatic heterocycles. The molecule has 0 bridgehead atoms. The number of amides is 1. The van der Waals surface area contributed by atoms with Crippen LogP contribution in [-0.4, -0.2) is 42.5 Å². The van der Waals surface area contributed by atoms with Gasteiger partial charge >= 0.3 is 0 Å². The van der Waals surface area contributed by atoms with Crippen molar-refractivity contribution in [3.05, 3.63) is 64.8 Å². The Bertz CT molecular complexity index is 961. The maximum atomic E-state index is 14.0. The van der Waals surface area contributed by atoms with Crippen LogP contribution in [0.3, 0.4) is 0 Å². The highest BCUT2D eigenvalue weighted by atomic mass is 35.5. The number of carbonyl (C=O) groups excluding carboxylic acids is 1. The summed E-state index contributed by atoms with van der Waals surface area (Å²) in [7, 11) is 1.88. The summed E-state index contributed by atoms with van der Waals surface area (Å²) in [4.78, 5) is 20.1. The maximum absolute atomic E-state index is 14.0. The molecule has 4 rings (SSSR count). The summed E-state index contributed by atoms with van der Waals surface area (Å²) in [6.07, 6.45) is 1.66. The molecule has 7 heteroatoms. The van der Waals surface area contributed by atoms with Crippen LogP contribution >= 0.6 is 11.6 Å². The largest absolute Gasteiger partial charge is 0.440 e. The van der Waals surface area contributed by atoms with Crippen LogP contribution in [0.1, 0.15) is 30.2 Å². The van der Waals surface area contributed by atoms with E-state index in [2.05, 4.69) is 4.98 Å². The molecular formula is C22H24ClFN3O2+. The van der Waals surface area contributed by atoms with Gasteiger partial charge in [0.05, 0.1) is 17.6 Å². The summed E-state index contributed by atoms with van der Waals surface area (Å²) in [6.45, 7) is 2.03. The quantitative estimate of drug-likeness (QED) is 0.695. The zero-order valence-corrected chi connectivity index (χ0v) is 17.1. The molecule has 0 aliphatic carbocycles. The number of fused-ring (bicyclic) bond motifs is 1. The van der Waals surface area contributed by atoms with Gasteiger partial charge in [-0.3, -0.25) is 4.79 Å². The van der Waals surface area contributed by atoms with Gasteiger partial charge in [-0.25, -0.2) is 9.37 Å². The second-order valence-electron chi connectivity index (χ2n) is 7.69. The van der Waals surface area contributed by atoms with Crippen molar-refractivity contribution in [1.82, 2.24) is 9.88 Å². The molecule has 2 heterocycles. The standard InChI is InChI=1S/C22H23ClFN3O2/c1-26(13-16-17(23)5-4-6-18(16)24)14-21(28)27-11-9-15(10-12-27)22-25-19-7-2-3-8-20(19)29-22/h2-8,15H,9-14H2,1H3/p+1. The van der Waals surface area contributed by atoms with E-state index in [1.54, 1.807) is 12.1 Å². The van der Waals surface area contributed by atoms with E-state index in [1.807, 2.05) is 36.2 Å². The lowest BCUT2D eigenvalue weighted by atomic mass is 9.96. The van der Waals surface area contributed by atoms with Crippen molar-refractivity contribution >= 4 is 28.6 Å². The number of hydrogen-bond donors (Lipinski definition) is 1. The van der Waals surface area contributed by atoms with Crippen molar-refractivity contribution in [1.29, 1.82) is 0 Å². The SMILES string of the molecule is C[NH+](CC(=O)N1CCC(c2nc3ccccc3o2)CC1)Cc1c(F)cccc1Cl. The van der Waals surface area contributed by atoms with Crippen molar-refractivity contribution in [2.24, 2.45) is 0 Å². The number of carbonyl (C=O) groups is 1. The maximum Gasteiger partial charge on any atom is 0.277 e. The molecule has 1 atom stereocenters. The van der Waals surface area contributed by atoms with Gasteiger partial charge < -0.3 is 14.2 Å². The second-order valence-corrected chi connectivity index (χ2v) is 8.09. The van der Waals surface area contributed by atoms with E-state index >= 15 is 0 Å². The Labute approximate surface area is 174 Å². The molecule has 1 aliphatic heterocycles. The van der Waals surface area contributed by atoms with Gasteiger partial charge in [0.25, 0.3) is 5.91 Å². The summed E-state index contributed by atoms with van der Waals surface area (Å²) in [5, 5.41) is 0.399. The Morgan fingerprint density at radius 2 is 2.00 bits per heavy atom. The molecule has 1 aliphatic rings. The first-order valence-electron chi connectivity index (χ1n) is 9.88. The van der Waals surface area contributed by atoms with Crippen molar-refractivity contribution in [2.75, 3.05) is 26.7 Å². The number of likely N-dealkylation sites (N-methyl/N-ethyl adjacent to an activating group) is 1. The molecule has 5 nitrogen and oxygen atoms in total. The van der Waals surface area contributed by atoms with E-state index in [1.165, 1.54) is 6.07 Å². The predicted molar refractivity (Wildman–Crippen MR) is 109 cm³/mol. The van der Waals surface area contributed by atoms with E-state index in [-0.39, 0.29) is 17.6 Å². The Balaban J connectivity index is 1.31. The summed E-state index contributed by atoms with van der Waals surface area (Å²) < 4.78 is 19.9. The van der Waals surface area contributed by atoms with Gasteiger partial charge in [-0.1, -0.05) is 29.8 Å². The number of para-hydroxylation sites is 2. The van der Waals surface area contributed by atoms with E-state index in [9.17, 15) is 9.18 Å². The van der Waals surface area contributed by atoms with Gasteiger partial charge in [0.15, 0.2) is 18.0 Å². The number of rotatable bonds is 5. The lowest BCUT2D eigenvalue weighted by Crippen LogP contribution is -3.09. The Kier molecular flexibility index (Phi) is 5.83. The first kappa shape index (κ1) is 19.9. The van der Waals surface area contributed by atoms with Gasteiger partial charge in [-0.2, -0.15) is 0 Å². The van der Waals surface area contributed by atoms with Crippen LogP contribution in [-0.2, 0) is 11.3 Å². The third-order valence-electron chi connectivity index (χ3n) is 5.50. The third-order valence-corrected chi connectivity index (χ3v) is 5.85. The fourth-order valence-electron chi connectivity index (χ4n) is 3.88. The number of aromatic nitrogens is 1. The van der Waals surface area contributed by atoms with Gasteiger partial charge in [-0.15, -0.1) is 0 Å². The van der Waals surface area contributed by atoms with E-state index in [0.717, 1.165) is 34.7 Å². The highest BCUT2D eigenvalue weighted by molar-refractivity contribution is 6.31. The Morgan fingerprint density at radius 1 is 1.24 bits per heavy atom. The number of oxazole rings is 1. The summed E-state index contributed by atoms with van der Waals surface area (Å²) in [5.74, 6) is 0.735. The van der Waals surface area contributed by atoms with E-state index < -0.39 is 0 Å². The smallest absolute Gasteiger partial charge is 0.277 e. The molecule has 0 radical (unpaired) electrons. The zero-order chi connectivity index (χ0) is 20.4. The fraction of sp³-hybridized carbons (Fsp3) is 0.364. The third kappa shape index (κ3) is 4.43. The van der Waals surface area contributed by atoms with Crippen molar-refractivity contribution in [2.45, 2.75) is 25.3 Å². The molecule has 1 N–H and O–H groups in total. The number of halogens is 2. The molecule has 1 amide bonds. The monoisotopic (exact) mass is 416 g/mol. The molecule has 2 aromatic carbocycles. The van der Waals surface area contributed by atoms with Gasteiger partial charge in [0.2, 0.25) is 0 Å². The van der Waals surface area contributed by atoms with Crippen molar-refractivity contribution < 1.29 is 18.5 Å². The Morgan fingerprint density at radius 3 is 2.72 bits per heavy atom. The molecule has 3 aromatic rings. The summed E-state index contributed by atoms with van der Waals surface area (Å²) in [5.41, 5.74) is 2.13. The van der Waals surface area contributed by atoms with E-state index in [0.29, 0.717) is 36.8 Å². The van der Waals surface area contributed by atoms with Crippen LogP contribution < -0.4 is 4.90 Å². The lowest BCUT2D eigenvalue weighted by Gasteiger charge is -2.31. The number of quaternary nitrogens is 1. The minimum Gasteiger partial charge on any atom is -0.440 e. The molecule has 29 heavy (non-hydrogen) atoms. The van der Waals surface area contributed by atoms with Gasteiger partial charge in [0, 0.05) is 19.0 Å². The second kappa shape index (κ2) is 8.51. The average Bonchev–Trinajstić information content (AvgIpc) is 3.15. The molecule has 0 spiro atoms. The highest BCUT2D eigenvalue weighted by Crippen LogP contribution is 2.29. The number of nitrogens with zero attached hydrogens (tertiary/aromatic N) is 2. The summed E-state index contributed by atoms with van der Waals surface area (Å²) >= 11 is 6.10.